The Labute approximate surface area is 154 Å². The highest BCUT2D eigenvalue weighted by molar-refractivity contribution is 5.94. The lowest BCUT2D eigenvalue weighted by Crippen LogP contribution is -2.40. The summed E-state index contributed by atoms with van der Waals surface area (Å²) >= 11 is 0. The van der Waals surface area contributed by atoms with Crippen molar-refractivity contribution in [1.29, 1.82) is 0 Å². The number of nitrogens with one attached hydrogen (secondary N) is 1. The molecule has 0 saturated carbocycles. The number of nitrogens with zero attached hydrogens (tertiary/aromatic N) is 2. The zero-order valence-electron chi connectivity index (χ0n) is 15.4. The molecule has 0 unspecified atom stereocenters. The quantitative estimate of drug-likeness (QED) is 0.917. The van der Waals surface area contributed by atoms with Crippen molar-refractivity contribution < 1.29 is 9.53 Å². The van der Waals surface area contributed by atoms with Crippen molar-refractivity contribution >= 4 is 5.91 Å². The summed E-state index contributed by atoms with van der Waals surface area (Å²) in [6.45, 7) is 7.26. The molecule has 1 N–H and O–H groups in total. The van der Waals surface area contributed by atoms with Gasteiger partial charge in [-0.25, -0.2) is 0 Å². The van der Waals surface area contributed by atoms with Crippen LogP contribution >= 0.6 is 0 Å². The molecule has 0 aliphatic carbocycles. The van der Waals surface area contributed by atoms with Gasteiger partial charge in [0.05, 0.1) is 13.2 Å². The number of hydrogen-bond acceptors (Lipinski definition) is 3. The Morgan fingerprint density at radius 3 is 2.42 bits per heavy atom. The Balaban J connectivity index is 1.46. The van der Waals surface area contributed by atoms with E-state index in [-0.39, 0.29) is 5.91 Å². The van der Waals surface area contributed by atoms with E-state index in [0.29, 0.717) is 38.0 Å². The lowest BCUT2D eigenvalue weighted by Gasteiger charge is -2.26. The van der Waals surface area contributed by atoms with Crippen molar-refractivity contribution in [3.05, 3.63) is 47.8 Å². The number of aromatic amines is 1. The molecule has 2 saturated heterocycles. The second-order valence-corrected chi connectivity index (χ2v) is 7.25. The van der Waals surface area contributed by atoms with Crippen LogP contribution in [0.5, 0.6) is 0 Å². The van der Waals surface area contributed by atoms with Crippen LogP contribution in [-0.2, 0) is 4.74 Å². The molecule has 1 aromatic heterocycles. The van der Waals surface area contributed by atoms with Gasteiger partial charge in [-0.3, -0.25) is 9.69 Å². The van der Waals surface area contributed by atoms with Gasteiger partial charge in [0.25, 0.3) is 5.91 Å². The highest BCUT2D eigenvalue weighted by Crippen LogP contribution is 2.27. The number of carbonyl (C=O) groups is 1. The molecular weight excluding hydrogens is 326 g/mol. The number of benzene rings is 1. The van der Waals surface area contributed by atoms with Crippen LogP contribution in [-0.4, -0.2) is 60.1 Å². The predicted octanol–water partition coefficient (Wildman–Crippen LogP) is 3.31. The van der Waals surface area contributed by atoms with Crippen molar-refractivity contribution in [2.45, 2.75) is 25.8 Å². The van der Waals surface area contributed by atoms with Gasteiger partial charge in [0.2, 0.25) is 0 Å². The number of likely N-dealkylation sites (tertiary alicyclic amines) is 1. The van der Waals surface area contributed by atoms with Crippen LogP contribution in [0.3, 0.4) is 0 Å². The summed E-state index contributed by atoms with van der Waals surface area (Å²) in [4.78, 5) is 20.1. The minimum absolute atomic E-state index is 0.0545. The fraction of sp³-hybridized carbons (Fsp3) is 0.476. The van der Waals surface area contributed by atoms with Crippen molar-refractivity contribution in [2.75, 3.05) is 39.4 Å². The summed E-state index contributed by atoms with van der Waals surface area (Å²) in [6.07, 6.45) is 4.55. The van der Waals surface area contributed by atoms with Crippen LogP contribution in [0, 0.1) is 0 Å². The summed E-state index contributed by atoms with van der Waals surface area (Å²) in [5.74, 6) is 0.0545. The van der Waals surface area contributed by atoms with Gasteiger partial charge in [-0.05, 0) is 55.6 Å². The van der Waals surface area contributed by atoms with Crippen molar-refractivity contribution in [3.63, 3.8) is 0 Å². The van der Waals surface area contributed by atoms with Crippen LogP contribution in [0.15, 0.2) is 36.5 Å². The van der Waals surface area contributed by atoms with Gasteiger partial charge in [-0.15, -0.1) is 0 Å². The molecule has 2 aromatic rings. The SMILES string of the molecule is C[C@@H](c1ccc(-c2c[nH]c(C(=O)N3CCOCC3)c2)cc1)N1CCCC1. The average Bonchev–Trinajstić information content (AvgIpc) is 3.40. The van der Waals surface area contributed by atoms with Crippen LogP contribution in [0.2, 0.25) is 0 Å². The molecule has 0 bridgehead atoms. The minimum atomic E-state index is 0.0545. The maximum atomic E-state index is 12.6. The molecule has 5 heteroatoms. The molecule has 5 nitrogen and oxygen atoms in total. The fourth-order valence-corrected chi connectivity index (χ4v) is 3.92. The van der Waals surface area contributed by atoms with Crippen LogP contribution < -0.4 is 0 Å². The van der Waals surface area contributed by atoms with Gasteiger partial charge in [-0.1, -0.05) is 24.3 Å². The Bertz CT molecular complexity index is 741. The zero-order chi connectivity index (χ0) is 17.9. The molecule has 0 spiro atoms. The minimum Gasteiger partial charge on any atom is -0.378 e. The van der Waals surface area contributed by atoms with E-state index in [2.05, 4.69) is 41.1 Å². The van der Waals surface area contributed by atoms with Gasteiger partial charge >= 0.3 is 0 Å². The largest absolute Gasteiger partial charge is 0.378 e. The van der Waals surface area contributed by atoms with Crippen molar-refractivity contribution in [3.8, 4) is 11.1 Å². The van der Waals surface area contributed by atoms with Gasteiger partial charge in [0, 0.05) is 25.3 Å². The maximum Gasteiger partial charge on any atom is 0.270 e. The summed E-state index contributed by atoms with van der Waals surface area (Å²) in [7, 11) is 0. The third-order valence-corrected chi connectivity index (χ3v) is 5.63. The first-order valence-electron chi connectivity index (χ1n) is 9.62. The summed E-state index contributed by atoms with van der Waals surface area (Å²) in [5.41, 5.74) is 4.20. The molecule has 138 valence electrons. The van der Waals surface area contributed by atoms with E-state index in [9.17, 15) is 4.79 Å². The highest BCUT2D eigenvalue weighted by Gasteiger charge is 2.21. The molecule has 3 heterocycles. The number of carbonyl (C=O) groups excluding carboxylic acids is 1. The van der Waals surface area contributed by atoms with E-state index in [1.54, 1.807) is 0 Å². The maximum absolute atomic E-state index is 12.6. The number of hydrogen-bond donors (Lipinski definition) is 1. The molecule has 2 aliphatic heterocycles. The normalized spacial score (nSPS) is 19.7. The summed E-state index contributed by atoms with van der Waals surface area (Å²) < 4.78 is 5.32. The van der Waals surface area contributed by atoms with Crippen LogP contribution in [0.4, 0.5) is 0 Å². The standard InChI is InChI=1S/C21H27N3O2/c1-16(23-8-2-3-9-23)17-4-6-18(7-5-17)19-14-20(22-15-19)21(25)24-10-12-26-13-11-24/h4-7,14-16,22H,2-3,8-13H2,1H3/t16-/m0/s1. The highest BCUT2D eigenvalue weighted by atomic mass is 16.5. The topological polar surface area (TPSA) is 48.6 Å². The van der Waals surface area contributed by atoms with Crippen molar-refractivity contribution in [1.82, 2.24) is 14.8 Å². The first kappa shape index (κ1) is 17.3. The van der Waals surface area contributed by atoms with E-state index in [1.165, 1.54) is 31.5 Å². The first-order chi connectivity index (χ1) is 12.7. The Kier molecular flexibility index (Phi) is 5.09. The summed E-state index contributed by atoms with van der Waals surface area (Å²) in [6, 6.07) is 11.2. The average molecular weight is 353 g/mol. The second kappa shape index (κ2) is 7.64. The number of ether oxygens (including phenoxy) is 1. The van der Waals surface area contributed by atoms with Gasteiger partial charge in [0.1, 0.15) is 5.69 Å². The second-order valence-electron chi connectivity index (χ2n) is 7.25. The van der Waals surface area contributed by atoms with Gasteiger partial charge < -0.3 is 14.6 Å². The van der Waals surface area contributed by atoms with Crippen molar-refractivity contribution in [2.24, 2.45) is 0 Å². The number of morpholine rings is 1. The molecule has 1 atom stereocenters. The molecule has 1 aromatic carbocycles. The lowest BCUT2D eigenvalue weighted by molar-refractivity contribution is 0.0299. The number of rotatable bonds is 4. The third kappa shape index (κ3) is 3.55. The Hall–Kier alpha value is -2.11. The number of H-pyrrole nitrogens is 1. The molecule has 2 aliphatic rings. The first-order valence-corrected chi connectivity index (χ1v) is 9.62. The van der Waals surface area contributed by atoms with Crippen LogP contribution in [0.1, 0.15) is 41.9 Å². The zero-order valence-corrected chi connectivity index (χ0v) is 15.4. The molecular formula is C21H27N3O2. The predicted molar refractivity (Wildman–Crippen MR) is 102 cm³/mol. The molecule has 1 amide bonds. The smallest absolute Gasteiger partial charge is 0.270 e. The van der Waals surface area contributed by atoms with Gasteiger partial charge in [0.15, 0.2) is 0 Å². The fourth-order valence-electron chi connectivity index (χ4n) is 3.92. The third-order valence-electron chi connectivity index (χ3n) is 5.63. The van der Waals surface area contributed by atoms with E-state index in [4.69, 9.17) is 4.74 Å². The molecule has 2 fully saturated rings. The van der Waals surface area contributed by atoms with Gasteiger partial charge in [-0.2, -0.15) is 0 Å². The molecule has 26 heavy (non-hydrogen) atoms. The molecule has 0 radical (unpaired) electrons. The number of amides is 1. The van der Waals surface area contributed by atoms with E-state index in [0.717, 1.165) is 11.1 Å². The monoisotopic (exact) mass is 353 g/mol. The Morgan fingerprint density at radius 2 is 1.73 bits per heavy atom. The Morgan fingerprint density at radius 1 is 1.04 bits per heavy atom. The molecule has 4 rings (SSSR count). The van der Waals surface area contributed by atoms with E-state index >= 15 is 0 Å². The summed E-state index contributed by atoms with van der Waals surface area (Å²) in [5, 5.41) is 0. The van der Waals surface area contributed by atoms with Crippen LogP contribution in [0.25, 0.3) is 11.1 Å². The van der Waals surface area contributed by atoms with E-state index < -0.39 is 0 Å². The van der Waals surface area contributed by atoms with E-state index in [1.807, 2.05) is 17.2 Å². The number of aromatic nitrogens is 1. The lowest BCUT2D eigenvalue weighted by atomic mass is 10.0.